The van der Waals surface area contributed by atoms with Crippen molar-refractivity contribution in [1.29, 1.82) is 0 Å². The Bertz CT molecular complexity index is 1370. The van der Waals surface area contributed by atoms with E-state index in [1.165, 1.54) is 9.47 Å². The summed E-state index contributed by atoms with van der Waals surface area (Å²) in [7, 11) is 1.74. The number of carboxylic acid groups (broad SMARTS) is 1. The summed E-state index contributed by atoms with van der Waals surface area (Å²) in [6, 6.07) is 5.16. The van der Waals surface area contributed by atoms with Gasteiger partial charge in [0.15, 0.2) is 0 Å². The van der Waals surface area contributed by atoms with Crippen LogP contribution >= 0.6 is 0 Å². The molecule has 0 radical (unpaired) electrons. The number of nitrogens with zero attached hydrogens (tertiary/aromatic N) is 4. The largest absolute Gasteiger partial charge is 0.465 e. The second kappa shape index (κ2) is 11.2. The summed E-state index contributed by atoms with van der Waals surface area (Å²) >= 11 is 0. The van der Waals surface area contributed by atoms with Crippen molar-refractivity contribution in [2.45, 2.75) is 77.5 Å². The molecule has 3 amide bonds. The molecule has 3 saturated heterocycles. The Hall–Kier alpha value is -3.18. The van der Waals surface area contributed by atoms with Crippen molar-refractivity contribution >= 4 is 28.9 Å². The number of carbonyl (C=O) groups is 3. The van der Waals surface area contributed by atoms with Crippen LogP contribution in [0.5, 0.6) is 0 Å². The number of hydrogen-bond acceptors (Lipinski definition) is 6. The summed E-state index contributed by atoms with van der Waals surface area (Å²) in [6.45, 7) is 10.8. The maximum absolute atomic E-state index is 13.3. The van der Waals surface area contributed by atoms with Gasteiger partial charge in [0, 0.05) is 33.1 Å². The van der Waals surface area contributed by atoms with Gasteiger partial charge in [-0.1, -0.05) is 32.9 Å². The smallest absolute Gasteiger partial charge is 0.407 e. The molecule has 11 heteroatoms. The summed E-state index contributed by atoms with van der Waals surface area (Å²) in [5.41, 5.74) is 1.92. The highest BCUT2D eigenvalue weighted by Gasteiger charge is 2.46. The quantitative estimate of drug-likeness (QED) is 0.512. The van der Waals surface area contributed by atoms with Crippen molar-refractivity contribution < 1.29 is 24.2 Å². The summed E-state index contributed by atoms with van der Waals surface area (Å²) in [5.74, 6) is -0.283. The Morgan fingerprint density at radius 3 is 2.37 bits per heavy atom. The van der Waals surface area contributed by atoms with E-state index < -0.39 is 18.0 Å². The summed E-state index contributed by atoms with van der Waals surface area (Å²) in [4.78, 5) is 52.8. The second-order valence-corrected chi connectivity index (χ2v) is 13.0. The Morgan fingerprint density at radius 2 is 1.76 bits per heavy atom. The van der Waals surface area contributed by atoms with Gasteiger partial charge in [-0.2, -0.15) is 0 Å². The number of fused-ring (bicyclic) bond motifs is 1. The van der Waals surface area contributed by atoms with E-state index in [2.05, 4.69) is 31.0 Å². The van der Waals surface area contributed by atoms with E-state index >= 15 is 0 Å². The van der Waals surface area contributed by atoms with Crippen molar-refractivity contribution in [3.05, 3.63) is 34.2 Å². The monoisotopic (exact) mass is 569 g/mol. The van der Waals surface area contributed by atoms with Gasteiger partial charge in [-0.05, 0) is 68.2 Å². The zero-order valence-corrected chi connectivity index (χ0v) is 24.6. The number of imidazole rings is 1. The first-order valence-corrected chi connectivity index (χ1v) is 14.8. The van der Waals surface area contributed by atoms with Gasteiger partial charge in [-0.3, -0.25) is 28.9 Å². The molecule has 2 N–H and O–H groups in total. The minimum absolute atomic E-state index is 0.0862. The first-order chi connectivity index (χ1) is 19.4. The molecule has 3 fully saturated rings. The molecule has 5 rings (SSSR count). The lowest BCUT2D eigenvalue weighted by Crippen LogP contribution is -2.55. The van der Waals surface area contributed by atoms with Crippen LogP contribution in [0.1, 0.15) is 70.9 Å². The van der Waals surface area contributed by atoms with Gasteiger partial charge >= 0.3 is 11.8 Å². The molecule has 0 bridgehead atoms. The van der Waals surface area contributed by atoms with E-state index in [-0.39, 0.29) is 29.0 Å². The van der Waals surface area contributed by atoms with Crippen LogP contribution in [0.15, 0.2) is 23.0 Å². The lowest BCUT2D eigenvalue weighted by atomic mass is 9.70. The van der Waals surface area contributed by atoms with Crippen molar-refractivity contribution in [2.24, 2.45) is 18.4 Å². The van der Waals surface area contributed by atoms with Gasteiger partial charge in [0.2, 0.25) is 11.8 Å². The van der Waals surface area contributed by atoms with Crippen LogP contribution in [0, 0.1) is 11.3 Å². The molecule has 3 aliphatic rings. The highest BCUT2D eigenvalue weighted by atomic mass is 16.5. The first-order valence-electron chi connectivity index (χ1n) is 14.8. The molecule has 3 aliphatic heterocycles. The van der Waals surface area contributed by atoms with Crippen LogP contribution in [0.4, 0.5) is 4.79 Å². The minimum atomic E-state index is -0.858. The Balaban J connectivity index is 1.23. The standard InChI is InChI=1S/C30H43N5O6/c1-29(2,3)30(12-16-34(17-13-30)28(39)40)41-19-20-10-14-33(15-11-20)18-21-6-5-7-22-25(21)32(4)27(38)35(22)23-8-9-24(36)31-26(23)37/h5-7,20,23H,8-19H2,1-4H3,(H,39,40)(H,31,36,37). The van der Waals surface area contributed by atoms with Crippen LogP contribution < -0.4 is 11.0 Å². The average Bonchev–Trinajstić information content (AvgIpc) is 3.18. The van der Waals surface area contributed by atoms with Gasteiger partial charge in [0.1, 0.15) is 6.04 Å². The fourth-order valence-electron chi connectivity index (χ4n) is 6.88. The molecule has 4 heterocycles. The number of nitrogens with one attached hydrogen (secondary N) is 1. The zero-order valence-electron chi connectivity index (χ0n) is 24.6. The number of benzene rings is 1. The molecule has 1 atom stereocenters. The molecule has 1 unspecified atom stereocenters. The molecule has 1 aromatic heterocycles. The molecular weight excluding hydrogens is 526 g/mol. The maximum atomic E-state index is 13.3. The number of aryl methyl sites for hydroxylation is 1. The van der Waals surface area contributed by atoms with Crippen molar-refractivity contribution in [3.8, 4) is 0 Å². The Labute approximate surface area is 240 Å². The highest BCUT2D eigenvalue weighted by Crippen LogP contribution is 2.43. The van der Waals surface area contributed by atoms with Crippen molar-refractivity contribution in [2.75, 3.05) is 32.8 Å². The van der Waals surface area contributed by atoms with Gasteiger partial charge in [0.25, 0.3) is 0 Å². The first kappa shape index (κ1) is 29.3. The zero-order chi connectivity index (χ0) is 29.5. The highest BCUT2D eigenvalue weighted by molar-refractivity contribution is 6.00. The fourth-order valence-corrected chi connectivity index (χ4v) is 6.88. The maximum Gasteiger partial charge on any atom is 0.407 e. The van der Waals surface area contributed by atoms with Crippen molar-refractivity contribution in [3.63, 3.8) is 0 Å². The lowest BCUT2D eigenvalue weighted by Gasteiger charge is -2.49. The molecule has 224 valence electrons. The minimum Gasteiger partial charge on any atom is -0.465 e. The number of carbonyl (C=O) groups excluding carboxylic acids is 2. The van der Waals surface area contributed by atoms with Crippen LogP contribution in [-0.2, 0) is 27.9 Å². The van der Waals surface area contributed by atoms with E-state index in [0.29, 0.717) is 56.9 Å². The molecule has 0 spiro atoms. The van der Waals surface area contributed by atoms with Gasteiger partial charge in [-0.25, -0.2) is 9.59 Å². The molecule has 11 nitrogen and oxygen atoms in total. The van der Waals surface area contributed by atoms with Gasteiger partial charge in [0.05, 0.1) is 23.2 Å². The molecule has 1 aromatic carbocycles. The van der Waals surface area contributed by atoms with Gasteiger partial charge < -0.3 is 14.7 Å². The van der Waals surface area contributed by atoms with E-state index in [4.69, 9.17) is 4.74 Å². The summed E-state index contributed by atoms with van der Waals surface area (Å²) < 4.78 is 9.85. The van der Waals surface area contributed by atoms with E-state index in [0.717, 1.165) is 37.0 Å². The lowest BCUT2D eigenvalue weighted by molar-refractivity contribution is -0.156. The topological polar surface area (TPSA) is 126 Å². The van der Waals surface area contributed by atoms with E-state index in [1.807, 2.05) is 18.2 Å². The molecule has 0 saturated carbocycles. The van der Waals surface area contributed by atoms with E-state index in [1.54, 1.807) is 11.6 Å². The number of ether oxygens (including phenoxy) is 1. The molecule has 41 heavy (non-hydrogen) atoms. The Kier molecular flexibility index (Phi) is 8.04. The predicted octanol–water partition coefficient (Wildman–Crippen LogP) is 3.11. The molecule has 0 aliphatic carbocycles. The Morgan fingerprint density at radius 1 is 1.07 bits per heavy atom. The second-order valence-electron chi connectivity index (χ2n) is 13.0. The SMILES string of the molecule is Cn1c(=O)n(C2CCC(=O)NC2=O)c2cccc(CN3CCC(COC4(C(C)(C)C)CCN(C(=O)O)CC4)CC3)c21. The number of para-hydroxylation sites is 1. The number of imide groups is 1. The average molecular weight is 570 g/mol. The van der Waals surface area contributed by atoms with Crippen molar-refractivity contribution in [1.82, 2.24) is 24.3 Å². The number of piperidine rings is 3. The summed E-state index contributed by atoms with van der Waals surface area (Å²) in [6.07, 6.45) is 3.11. The summed E-state index contributed by atoms with van der Waals surface area (Å²) in [5, 5.41) is 11.7. The van der Waals surface area contributed by atoms with E-state index in [9.17, 15) is 24.3 Å². The number of aromatic nitrogens is 2. The normalized spacial score (nSPS) is 22.7. The number of hydrogen-bond donors (Lipinski definition) is 2. The number of amides is 3. The third kappa shape index (κ3) is 5.66. The van der Waals surface area contributed by atoms with Crippen LogP contribution in [0.2, 0.25) is 0 Å². The van der Waals surface area contributed by atoms with Crippen LogP contribution in [0.3, 0.4) is 0 Å². The fraction of sp³-hybridized carbons (Fsp3) is 0.667. The predicted molar refractivity (Wildman–Crippen MR) is 154 cm³/mol. The van der Waals surface area contributed by atoms with Gasteiger partial charge in [-0.15, -0.1) is 0 Å². The third-order valence-corrected chi connectivity index (χ3v) is 9.61. The third-order valence-electron chi connectivity index (χ3n) is 9.61. The molecular formula is C30H43N5O6. The molecule has 2 aromatic rings. The van der Waals surface area contributed by atoms with Crippen LogP contribution in [-0.4, -0.2) is 80.3 Å². The van der Waals surface area contributed by atoms with Crippen LogP contribution in [0.25, 0.3) is 11.0 Å². The number of rotatable bonds is 6. The number of likely N-dealkylation sites (tertiary alicyclic amines) is 2.